The lowest BCUT2D eigenvalue weighted by atomic mass is 10.1. The van der Waals surface area contributed by atoms with E-state index in [0.717, 1.165) is 11.4 Å². The van der Waals surface area contributed by atoms with Gasteiger partial charge in [-0.25, -0.2) is 0 Å². The molecule has 0 aliphatic rings. The summed E-state index contributed by atoms with van der Waals surface area (Å²) in [5.41, 5.74) is 0.635. The van der Waals surface area contributed by atoms with E-state index in [1.165, 1.54) is 11.3 Å². The number of anilines is 1. The first-order chi connectivity index (χ1) is 12.5. The fraction of sp³-hybridized carbons (Fsp3) is 0.353. The summed E-state index contributed by atoms with van der Waals surface area (Å²) in [5.74, 6) is 1.54. The normalized spacial score (nSPS) is 10.9. The van der Waals surface area contributed by atoms with Crippen LogP contribution in [0.4, 0.5) is 5.13 Å². The first-order valence-electron chi connectivity index (χ1n) is 8.16. The maximum absolute atomic E-state index is 12.1. The van der Waals surface area contributed by atoms with Crippen LogP contribution in [0.1, 0.15) is 24.7 Å². The van der Waals surface area contributed by atoms with E-state index in [0.29, 0.717) is 34.1 Å². The van der Waals surface area contributed by atoms with E-state index in [2.05, 4.69) is 39.5 Å². The van der Waals surface area contributed by atoms with Gasteiger partial charge in [0.25, 0.3) is 11.8 Å². The third-order valence-corrected chi connectivity index (χ3v) is 4.16. The van der Waals surface area contributed by atoms with Crippen molar-refractivity contribution in [2.75, 3.05) is 11.9 Å². The largest absolute Gasteiger partial charge is 0.483 e. The molecule has 0 atom stereocenters. The number of ether oxygens (including phenoxy) is 1. The van der Waals surface area contributed by atoms with Crippen LogP contribution in [0.5, 0.6) is 5.75 Å². The zero-order chi connectivity index (χ0) is 18.5. The summed E-state index contributed by atoms with van der Waals surface area (Å²) in [7, 11) is 0. The molecule has 3 rings (SSSR count). The number of para-hydroxylation sites is 1. The highest BCUT2D eigenvalue weighted by atomic mass is 32.1. The number of hydrogen-bond acceptors (Lipinski definition) is 8. The Morgan fingerprint density at radius 3 is 2.85 bits per heavy atom. The number of amides is 1. The monoisotopic (exact) mass is 373 g/mol. The third kappa shape index (κ3) is 4.63. The van der Waals surface area contributed by atoms with Gasteiger partial charge in [0, 0.05) is 6.42 Å². The maximum atomic E-state index is 12.1. The van der Waals surface area contributed by atoms with Crippen molar-refractivity contribution in [1.82, 2.24) is 20.3 Å². The summed E-state index contributed by atoms with van der Waals surface area (Å²) in [6.45, 7) is 5.79. The number of rotatable bonds is 7. The van der Waals surface area contributed by atoms with Crippen molar-refractivity contribution < 1.29 is 14.1 Å². The molecule has 26 heavy (non-hydrogen) atoms. The van der Waals surface area contributed by atoms with Gasteiger partial charge in [-0.1, -0.05) is 42.5 Å². The van der Waals surface area contributed by atoms with Crippen molar-refractivity contribution in [3.05, 3.63) is 35.1 Å². The molecule has 0 aliphatic carbocycles. The van der Waals surface area contributed by atoms with Gasteiger partial charge in [0.15, 0.2) is 12.4 Å². The molecule has 2 aromatic heterocycles. The quantitative estimate of drug-likeness (QED) is 0.678. The highest BCUT2D eigenvalue weighted by molar-refractivity contribution is 7.15. The molecule has 1 aromatic carbocycles. The van der Waals surface area contributed by atoms with Gasteiger partial charge in [-0.05, 0) is 25.0 Å². The standard InChI is InChI=1S/C17H19N5O3S/c1-10(2)8-15-20-21-17(26-15)19-14(23)9-24-13-7-5-4-6-12(13)16-18-11(3)22-25-16/h4-7,10H,8-9H2,1-3H3,(H,19,21,23). The highest BCUT2D eigenvalue weighted by Crippen LogP contribution is 2.28. The van der Waals surface area contributed by atoms with Gasteiger partial charge in [0.05, 0.1) is 5.56 Å². The first kappa shape index (κ1) is 18.0. The van der Waals surface area contributed by atoms with Gasteiger partial charge in [-0.2, -0.15) is 4.98 Å². The molecule has 3 aromatic rings. The Kier molecular flexibility index (Phi) is 5.57. The molecule has 0 aliphatic heterocycles. The molecule has 0 bridgehead atoms. The molecule has 1 amide bonds. The Balaban J connectivity index is 1.61. The van der Waals surface area contributed by atoms with Crippen LogP contribution < -0.4 is 10.1 Å². The van der Waals surface area contributed by atoms with E-state index >= 15 is 0 Å². The Morgan fingerprint density at radius 2 is 2.12 bits per heavy atom. The number of nitrogens with one attached hydrogen (secondary N) is 1. The van der Waals surface area contributed by atoms with E-state index in [-0.39, 0.29) is 12.5 Å². The second-order valence-electron chi connectivity index (χ2n) is 6.08. The Hall–Kier alpha value is -2.81. The lowest BCUT2D eigenvalue weighted by Crippen LogP contribution is -2.20. The number of hydrogen-bond donors (Lipinski definition) is 1. The predicted octanol–water partition coefficient (Wildman–Crippen LogP) is 3.11. The van der Waals surface area contributed by atoms with Crippen molar-refractivity contribution >= 4 is 22.4 Å². The predicted molar refractivity (Wildman–Crippen MR) is 97.0 cm³/mol. The summed E-state index contributed by atoms with van der Waals surface area (Å²) in [5, 5.41) is 15.9. The molecule has 9 heteroatoms. The molecule has 0 unspecified atom stereocenters. The third-order valence-electron chi connectivity index (χ3n) is 3.30. The molecular formula is C17H19N5O3S. The minimum atomic E-state index is -0.311. The fourth-order valence-electron chi connectivity index (χ4n) is 2.21. The minimum Gasteiger partial charge on any atom is -0.483 e. The molecular weight excluding hydrogens is 354 g/mol. The van der Waals surface area contributed by atoms with Gasteiger partial charge >= 0.3 is 0 Å². The molecule has 1 N–H and O–H groups in total. The zero-order valence-electron chi connectivity index (χ0n) is 14.7. The van der Waals surface area contributed by atoms with E-state index in [9.17, 15) is 4.79 Å². The first-order valence-corrected chi connectivity index (χ1v) is 8.97. The Labute approximate surface area is 154 Å². The highest BCUT2D eigenvalue weighted by Gasteiger charge is 2.14. The lowest BCUT2D eigenvalue weighted by molar-refractivity contribution is -0.118. The van der Waals surface area contributed by atoms with Crippen molar-refractivity contribution in [2.24, 2.45) is 5.92 Å². The Morgan fingerprint density at radius 1 is 1.31 bits per heavy atom. The van der Waals surface area contributed by atoms with E-state index in [1.54, 1.807) is 19.1 Å². The summed E-state index contributed by atoms with van der Waals surface area (Å²) in [6, 6.07) is 7.18. The van der Waals surface area contributed by atoms with Crippen LogP contribution in [0.3, 0.4) is 0 Å². The zero-order valence-corrected chi connectivity index (χ0v) is 15.5. The summed E-state index contributed by atoms with van der Waals surface area (Å²) >= 11 is 1.37. The second-order valence-corrected chi connectivity index (χ2v) is 7.14. The molecule has 136 valence electrons. The molecule has 0 saturated heterocycles. The van der Waals surface area contributed by atoms with Crippen molar-refractivity contribution in [1.29, 1.82) is 0 Å². The second kappa shape index (κ2) is 8.05. The average molecular weight is 373 g/mol. The maximum Gasteiger partial charge on any atom is 0.264 e. The molecule has 8 nitrogen and oxygen atoms in total. The van der Waals surface area contributed by atoms with Gasteiger partial charge in [0.1, 0.15) is 10.8 Å². The summed E-state index contributed by atoms with van der Waals surface area (Å²) < 4.78 is 10.8. The molecule has 2 heterocycles. The van der Waals surface area contributed by atoms with Gasteiger partial charge in [0.2, 0.25) is 5.13 Å². The Bertz CT molecular complexity index is 890. The summed E-state index contributed by atoms with van der Waals surface area (Å²) in [4.78, 5) is 16.3. The van der Waals surface area contributed by atoms with Crippen LogP contribution in [0.15, 0.2) is 28.8 Å². The van der Waals surface area contributed by atoms with Crippen LogP contribution in [0.25, 0.3) is 11.5 Å². The number of carbonyl (C=O) groups excluding carboxylic acids is 1. The van der Waals surface area contributed by atoms with E-state index in [1.807, 2.05) is 12.1 Å². The molecule has 0 fully saturated rings. The molecule has 0 spiro atoms. The number of benzene rings is 1. The number of nitrogens with zero attached hydrogens (tertiary/aromatic N) is 4. The summed E-state index contributed by atoms with van der Waals surface area (Å²) in [6.07, 6.45) is 0.834. The fourth-order valence-corrected chi connectivity index (χ4v) is 3.18. The minimum absolute atomic E-state index is 0.163. The van der Waals surface area contributed by atoms with Gasteiger partial charge < -0.3 is 9.26 Å². The van der Waals surface area contributed by atoms with Crippen LogP contribution in [0, 0.1) is 12.8 Å². The number of aryl methyl sites for hydroxylation is 1. The van der Waals surface area contributed by atoms with E-state index in [4.69, 9.17) is 9.26 Å². The smallest absolute Gasteiger partial charge is 0.264 e. The topological polar surface area (TPSA) is 103 Å². The van der Waals surface area contributed by atoms with Crippen molar-refractivity contribution in [3.8, 4) is 17.2 Å². The van der Waals surface area contributed by atoms with Gasteiger partial charge in [-0.15, -0.1) is 10.2 Å². The molecule has 0 saturated carbocycles. The van der Waals surface area contributed by atoms with Crippen molar-refractivity contribution in [3.63, 3.8) is 0 Å². The van der Waals surface area contributed by atoms with Crippen LogP contribution in [0.2, 0.25) is 0 Å². The number of carbonyl (C=O) groups is 1. The van der Waals surface area contributed by atoms with E-state index < -0.39 is 0 Å². The van der Waals surface area contributed by atoms with Crippen LogP contribution in [-0.4, -0.2) is 32.9 Å². The lowest BCUT2D eigenvalue weighted by Gasteiger charge is -2.08. The van der Waals surface area contributed by atoms with Crippen molar-refractivity contribution in [2.45, 2.75) is 27.2 Å². The number of aromatic nitrogens is 4. The SMILES string of the molecule is Cc1noc(-c2ccccc2OCC(=O)Nc2nnc(CC(C)C)s2)n1. The van der Waals surface area contributed by atoms with Crippen LogP contribution >= 0.6 is 11.3 Å². The molecule has 0 radical (unpaired) electrons. The average Bonchev–Trinajstić information content (AvgIpc) is 3.22. The van der Waals surface area contributed by atoms with Gasteiger partial charge in [-0.3, -0.25) is 10.1 Å². The van der Waals surface area contributed by atoms with Crippen LogP contribution in [-0.2, 0) is 11.2 Å².